The molecule has 0 aliphatic heterocycles. The van der Waals surface area contributed by atoms with Crippen LogP contribution in [0.2, 0.25) is 0 Å². The first-order valence-electron chi connectivity index (χ1n) is 7.48. The van der Waals surface area contributed by atoms with Crippen LogP contribution >= 0.6 is 0 Å². The Labute approximate surface area is 121 Å². The van der Waals surface area contributed by atoms with E-state index in [4.69, 9.17) is 5.84 Å². The number of hydrogen-bond donors (Lipinski definition) is 2. The summed E-state index contributed by atoms with van der Waals surface area (Å²) >= 11 is 0. The number of carbonyl (C=O) groups excluding carboxylic acids is 1. The molecule has 0 bridgehead atoms. The zero-order valence-corrected chi connectivity index (χ0v) is 12.5. The van der Waals surface area contributed by atoms with Crippen molar-refractivity contribution in [2.24, 2.45) is 5.84 Å². The Morgan fingerprint density at radius 1 is 1.25 bits per heavy atom. The number of carbonyl (C=O) groups is 1. The molecule has 0 saturated heterocycles. The summed E-state index contributed by atoms with van der Waals surface area (Å²) in [5.74, 6) is 5.52. The minimum atomic E-state index is 0.123. The van der Waals surface area contributed by atoms with Crippen molar-refractivity contribution in [2.75, 3.05) is 12.5 Å². The van der Waals surface area contributed by atoms with Crippen LogP contribution in [0.1, 0.15) is 54.4 Å². The van der Waals surface area contributed by atoms with Gasteiger partial charge in [-0.2, -0.15) is 0 Å². The first-order chi connectivity index (χ1) is 9.63. The summed E-state index contributed by atoms with van der Waals surface area (Å²) in [6.07, 6.45) is 7.32. The quantitative estimate of drug-likeness (QED) is 0.506. The molecule has 1 aliphatic carbocycles. The van der Waals surface area contributed by atoms with Crippen LogP contribution in [-0.4, -0.2) is 23.9 Å². The van der Waals surface area contributed by atoms with Crippen molar-refractivity contribution in [1.29, 1.82) is 0 Å². The van der Waals surface area contributed by atoms with Crippen LogP contribution in [0.5, 0.6) is 0 Å². The van der Waals surface area contributed by atoms with Crippen LogP contribution < -0.4 is 11.3 Å². The van der Waals surface area contributed by atoms with Crippen molar-refractivity contribution in [3.63, 3.8) is 0 Å². The van der Waals surface area contributed by atoms with Crippen LogP contribution in [0.25, 0.3) is 0 Å². The third-order valence-corrected chi connectivity index (χ3v) is 4.32. The summed E-state index contributed by atoms with van der Waals surface area (Å²) in [4.78, 5) is 14.6. The van der Waals surface area contributed by atoms with E-state index in [-0.39, 0.29) is 5.91 Å². The number of nitrogens with one attached hydrogen (secondary N) is 1. The number of benzene rings is 1. The summed E-state index contributed by atoms with van der Waals surface area (Å²) in [5.41, 5.74) is 5.18. The monoisotopic (exact) mass is 275 g/mol. The van der Waals surface area contributed by atoms with Gasteiger partial charge < -0.3 is 10.3 Å². The number of aryl methyl sites for hydroxylation is 1. The van der Waals surface area contributed by atoms with Gasteiger partial charge >= 0.3 is 0 Å². The van der Waals surface area contributed by atoms with Crippen LogP contribution in [0.4, 0.5) is 5.69 Å². The van der Waals surface area contributed by atoms with Gasteiger partial charge in [0.2, 0.25) is 0 Å². The highest BCUT2D eigenvalue weighted by Crippen LogP contribution is 2.23. The Morgan fingerprint density at radius 3 is 2.45 bits per heavy atom. The van der Waals surface area contributed by atoms with Gasteiger partial charge in [0.15, 0.2) is 0 Å². The fraction of sp³-hybridized carbons (Fsp3) is 0.562. The SMILES string of the molecule is Cc1cc(NN)ccc1C(=O)N(C)C1CCCCCC1. The number of hydrogen-bond acceptors (Lipinski definition) is 3. The number of rotatable bonds is 3. The Balaban J connectivity index is 2.13. The largest absolute Gasteiger partial charge is 0.339 e. The normalized spacial score (nSPS) is 16.6. The minimum Gasteiger partial charge on any atom is -0.339 e. The lowest BCUT2D eigenvalue weighted by Gasteiger charge is -2.28. The van der Waals surface area contributed by atoms with Gasteiger partial charge in [0, 0.05) is 24.3 Å². The molecule has 1 aliphatic rings. The highest BCUT2D eigenvalue weighted by atomic mass is 16.2. The fourth-order valence-corrected chi connectivity index (χ4v) is 2.99. The molecule has 110 valence electrons. The second-order valence-corrected chi connectivity index (χ2v) is 5.74. The number of anilines is 1. The van der Waals surface area contributed by atoms with Crippen molar-refractivity contribution >= 4 is 11.6 Å². The summed E-state index contributed by atoms with van der Waals surface area (Å²) < 4.78 is 0. The minimum absolute atomic E-state index is 0.123. The lowest BCUT2D eigenvalue weighted by molar-refractivity contribution is 0.0717. The molecule has 1 aromatic carbocycles. The van der Waals surface area contributed by atoms with Gasteiger partial charge in [-0.3, -0.25) is 10.6 Å². The molecule has 20 heavy (non-hydrogen) atoms. The lowest BCUT2D eigenvalue weighted by Crippen LogP contribution is -2.37. The van der Waals surface area contributed by atoms with Gasteiger partial charge in [0.05, 0.1) is 0 Å². The van der Waals surface area contributed by atoms with Gasteiger partial charge in [-0.1, -0.05) is 25.7 Å². The van der Waals surface area contributed by atoms with E-state index in [1.807, 2.05) is 37.1 Å². The topological polar surface area (TPSA) is 58.4 Å². The van der Waals surface area contributed by atoms with Gasteiger partial charge in [-0.05, 0) is 43.5 Å². The van der Waals surface area contributed by atoms with E-state index in [9.17, 15) is 4.79 Å². The molecule has 0 radical (unpaired) electrons. The van der Waals surface area contributed by atoms with Crippen molar-refractivity contribution in [3.8, 4) is 0 Å². The smallest absolute Gasteiger partial charge is 0.254 e. The number of nitrogens with two attached hydrogens (primary N) is 1. The average Bonchev–Trinajstić information content (AvgIpc) is 2.74. The third-order valence-electron chi connectivity index (χ3n) is 4.32. The molecular formula is C16H25N3O. The molecule has 1 saturated carbocycles. The molecule has 1 fully saturated rings. The maximum Gasteiger partial charge on any atom is 0.254 e. The highest BCUT2D eigenvalue weighted by molar-refractivity contribution is 5.96. The molecule has 1 amide bonds. The van der Waals surface area contributed by atoms with E-state index >= 15 is 0 Å². The maximum absolute atomic E-state index is 12.7. The molecular weight excluding hydrogens is 250 g/mol. The fourth-order valence-electron chi connectivity index (χ4n) is 2.99. The van der Waals surface area contributed by atoms with E-state index in [1.165, 1.54) is 25.7 Å². The zero-order chi connectivity index (χ0) is 14.5. The van der Waals surface area contributed by atoms with Gasteiger partial charge in [0.1, 0.15) is 0 Å². The third kappa shape index (κ3) is 3.31. The van der Waals surface area contributed by atoms with Crippen molar-refractivity contribution < 1.29 is 4.79 Å². The molecule has 0 spiro atoms. The maximum atomic E-state index is 12.7. The predicted molar refractivity (Wildman–Crippen MR) is 82.6 cm³/mol. The van der Waals surface area contributed by atoms with Crippen molar-refractivity contribution in [1.82, 2.24) is 4.90 Å². The lowest BCUT2D eigenvalue weighted by atomic mass is 10.0. The summed E-state index contributed by atoms with van der Waals surface area (Å²) in [6.45, 7) is 1.95. The van der Waals surface area contributed by atoms with Crippen LogP contribution in [0.3, 0.4) is 0 Å². The van der Waals surface area contributed by atoms with Crippen LogP contribution in [0, 0.1) is 6.92 Å². The highest BCUT2D eigenvalue weighted by Gasteiger charge is 2.23. The molecule has 0 heterocycles. The molecule has 0 atom stereocenters. The molecule has 1 aromatic rings. The number of nitrogen functional groups attached to an aromatic ring is 1. The number of hydrazine groups is 1. The Kier molecular flexibility index (Phi) is 5.01. The first-order valence-corrected chi connectivity index (χ1v) is 7.48. The molecule has 0 unspecified atom stereocenters. The second kappa shape index (κ2) is 6.75. The standard InChI is InChI=1S/C16H25N3O/c1-12-11-13(18-17)9-10-15(12)16(20)19(2)14-7-5-3-4-6-8-14/h9-11,14,18H,3-8,17H2,1-2H3. The van der Waals surface area contributed by atoms with Gasteiger partial charge in [0.25, 0.3) is 5.91 Å². The molecule has 4 nitrogen and oxygen atoms in total. The van der Waals surface area contributed by atoms with Crippen molar-refractivity contribution in [3.05, 3.63) is 29.3 Å². The molecule has 0 aromatic heterocycles. The number of nitrogens with zero attached hydrogens (tertiary/aromatic N) is 1. The van der Waals surface area contributed by atoms with Gasteiger partial charge in [-0.15, -0.1) is 0 Å². The van der Waals surface area contributed by atoms with Crippen LogP contribution in [0.15, 0.2) is 18.2 Å². The van der Waals surface area contributed by atoms with Crippen LogP contribution in [-0.2, 0) is 0 Å². The van der Waals surface area contributed by atoms with E-state index < -0.39 is 0 Å². The Hall–Kier alpha value is -1.55. The van der Waals surface area contributed by atoms with E-state index in [0.717, 1.165) is 29.7 Å². The summed E-state index contributed by atoms with van der Waals surface area (Å²) in [7, 11) is 1.94. The molecule has 3 N–H and O–H groups in total. The van der Waals surface area contributed by atoms with E-state index in [0.29, 0.717) is 6.04 Å². The second-order valence-electron chi connectivity index (χ2n) is 5.74. The number of amides is 1. The van der Waals surface area contributed by atoms with Gasteiger partial charge in [-0.25, -0.2) is 0 Å². The van der Waals surface area contributed by atoms with E-state index in [1.54, 1.807) is 0 Å². The van der Waals surface area contributed by atoms with Crippen molar-refractivity contribution in [2.45, 2.75) is 51.5 Å². The Morgan fingerprint density at radius 2 is 1.90 bits per heavy atom. The van der Waals surface area contributed by atoms with E-state index in [2.05, 4.69) is 5.43 Å². The Bertz CT molecular complexity index is 465. The molecule has 2 rings (SSSR count). The molecule has 4 heteroatoms. The summed E-state index contributed by atoms with van der Waals surface area (Å²) in [6, 6.07) is 6.01. The average molecular weight is 275 g/mol. The predicted octanol–water partition coefficient (Wildman–Crippen LogP) is 3.08. The first kappa shape index (κ1) is 14.9. The zero-order valence-electron chi connectivity index (χ0n) is 12.5. The summed E-state index contributed by atoms with van der Waals surface area (Å²) in [5, 5.41) is 0.